The third kappa shape index (κ3) is 3.40. The van der Waals surface area contributed by atoms with Crippen molar-refractivity contribution in [1.82, 2.24) is 15.1 Å². The lowest BCUT2D eigenvalue weighted by Gasteiger charge is -2.24. The van der Waals surface area contributed by atoms with Gasteiger partial charge in [0.05, 0.1) is 11.5 Å². The third-order valence-electron chi connectivity index (χ3n) is 3.43. The minimum Gasteiger partial charge on any atom is -0.465 e. The highest BCUT2D eigenvalue weighted by atomic mass is 19.3. The summed E-state index contributed by atoms with van der Waals surface area (Å²) in [6.07, 6.45) is -0.905. The molecule has 2 heterocycles. The first kappa shape index (κ1) is 15.9. The van der Waals surface area contributed by atoms with E-state index < -0.39 is 35.9 Å². The predicted octanol–water partition coefficient (Wildman–Crippen LogP) is 1.20. The van der Waals surface area contributed by atoms with Crippen LogP contribution in [-0.2, 0) is 7.05 Å². The molecule has 22 heavy (non-hydrogen) atoms. The molecule has 1 aliphatic rings. The van der Waals surface area contributed by atoms with Crippen molar-refractivity contribution < 1.29 is 23.6 Å². The Hall–Kier alpha value is -2.46. The lowest BCUT2D eigenvalue weighted by molar-refractivity contribution is -0.384. The van der Waals surface area contributed by atoms with Gasteiger partial charge in [0, 0.05) is 26.1 Å². The molecule has 11 heteroatoms. The summed E-state index contributed by atoms with van der Waals surface area (Å²) in [7, 11) is 1.43. The molecule has 2 rings (SSSR count). The first-order chi connectivity index (χ1) is 10.2. The van der Waals surface area contributed by atoms with E-state index in [1.54, 1.807) is 0 Å². The predicted molar refractivity (Wildman–Crippen MR) is 71.2 cm³/mol. The van der Waals surface area contributed by atoms with Crippen LogP contribution in [0.3, 0.4) is 0 Å². The Balaban J connectivity index is 2.28. The summed E-state index contributed by atoms with van der Waals surface area (Å²) in [4.78, 5) is 22.1. The van der Waals surface area contributed by atoms with Crippen LogP contribution >= 0.6 is 0 Å². The zero-order chi connectivity index (χ0) is 16.5. The number of alkyl halides is 2. The Morgan fingerprint density at radius 2 is 2.32 bits per heavy atom. The van der Waals surface area contributed by atoms with Crippen LogP contribution in [0.5, 0.6) is 0 Å². The van der Waals surface area contributed by atoms with Gasteiger partial charge >= 0.3 is 11.8 Å². The van der Waals surface area contributed by atoms with Gasteiger partial charge in [0.15, 0.2) is 0 Å². The van der Waals surface area contributed by atoms with Crippen molar-refractivity contribution in [2.24, 2.45) is 7.05 Å². The molecule has 1 atom stereocenters. The number of nitrogens with zero attached hydrogens (tertiary/aromatic N) is 4. The van der Waals surface area contributed by atoms with Crippen LogP contribution in [0, 0.1) is 10.1 Å². The Labute approximate surface area is 123 Å². The fraction of sp³-hybridized carbons (Fsp3) is 0.636. The monoisotopic (exact) mass is 319 g/mol. The summed E-state index contributed by atoms with van der Waals surface area (Å²) in [5, 5.41) is 25.4. The van der Waals surface area contributed by atoms with Crippen LogP contribution in [0.15, 0.2) is 6.20 Å². The van der Waals surface area contributed by atoms with E-state index in [0.29, 0.717) is 0 Å². The molecule has 122 valence electrons. The van der Waals surface area contributed by atoms with Gasteiger partial charge in [-0.05, 0) is 6.42 Å². The van der Waals surface area contributed by atoms with E-state index in [2.05, 4.69) is 5.10 Å². The largest absolute Gasteiger partial charge is 0.465 e. The molecule has 1 aromatic heterocycles. The normalized spacial score (nSPS) is 21.2. The highest BCUT2D eigenvalue weighted by molar-refractivity contribution is 5.65. The Morgan fingerprint density at radius 3 is 2.91 bits per heavy atom. The molecule has 1 aliphatic heterocycles. The van der Waals surface area contributed by atoms with Gasteiger partial charge < -0.3 is 15.3 Å². The van der Waals surface area contributed by atoms with E-state index in [0.717, 1.165) is 6.20 Å². The van der Waals surface area contributed by atoms with Crippen molar-refractivity contribution in [2.45, 2.75) is 24.8 Å². The third-order valence-corrected chi connectivity index (χ3v) is 3.43. The van der Waals surface area contributed by atoms with Crippen molar-refractivity contribution in [2.75, 3.05) is 18.0 Å². The zero-order valence-electron chi connectivity index (χ0n) is 11.7. The molecular weight excluding hydrogens is 304 g/mol. The summed E-state index contributed by atoms with van der Waals surface area (Å²) in [5.41, 5.74) is -0.358. The Bertz CT molecular complexity index is 591. The molecule has 0 radical (unpaired) electrons. The molecule has 1 aromatic rings. The van der Waals surface area contributed by atoms with E-state index in [-0.39, 0.29) is 24.5 Å². The van der Waals surface area contributed by atoms with Gasteiger partial charge in [0.1, 0.15) is 6.20 Å². The fourth-order valence-corrected chi connectivity index (χ4v) is 2.59. The molecule has 2 N–H and O–H groups in total. The highest BCUT2D eigenvalue weighted by Crippen LogP contribution is 2.33. The van der Waals surface area contributed by atoms with Crippen molar-refractivity contribution in [1.29, 1.82) is 0 Å². The van der Waals surface area contributed by atoms with Crippen molar-refractivity contribution >= 4 is 17.6 Å². The molecule has 1 fully saturated rings. The van der Waals surface area contributed by atoms with Gasteiger partial charge in [0.25, 0.3) is 5.92 Å². The summed E-state index contributed by atoms with van der Waals surface area (Å²) >= 11 is 0. The van der Waals surface area contributed by atoms with Crippen molar-refractivity contribution in [3.63, 3.8) is 0 Å². The number of aryl methyl sites for hydroxylation is 1. The number of hydrogen-bond acceptors (Lipinski definition) is 5. The van der Waals surface area contributed by atoms with Crippen LogP contribution in [0.4, 0.5) is 25.1 Å². The highest BCUT2D eigenvalue weighted by Gasteiger charge is 2.40. The quantitative estimate of drug-likeness (QED) is 0.639. The maximum atomic E-state index is 14.0. The van der Waals surface area contributed by atoms with Gasteiger partial charge in [-0.25, -0.2) is 18.3 Å². The Kier molecular flexibility index (Phi) is 4.15. The molecule has 0 bridgehead atoms. The molecule has 0 aliphatic carbocycles. The van der Waals surface area contributed by atoms with Gasteiger partial charge in [-0.1, -0.05) is 0 Å². The maximum Gasteiger partial charge on any atom is 0.404 e. The lowest BCUT2D eigenvalue weighted by Crippen LogP contribution is -2.39. The van der Waals surface area contributed by atoms with Gasteiger partial charge in [-0.15, -0.1) is 0 Å². The molecule has 9 nitrogen and oxygen atoms in total. The van der Waals surface area contributed by atoms with Crippen LogP contribution in [0.2, 0.25) is 0 Å². The van der Waals surface area contributed by atoms with Gasteiger partial charge in [-0.3, -0.25) is 10.1 Å². The summed E-state index contributed by atoms with van der Waals surface area (Å²) in [5.74, 6) is -3.19. The SMILES string of the molecule is Cn1ncc([N+](=O)[O-])c1N1CCC(NC(=O)O)CC(F)(F)C1. The summed E-state index contributed by atoms with van der Waals surface area (Å²) in [6, 6.07) is -0.912. The zero-order valence-corrected chi connectivity index (χ0v) is 11.7. The number of rotatable bonds is 3. The summed E-state index contributed by atoms with van der Waals surface area (Å²) < 4.78 is 29.2. The average Bonchev–Trinajstić information content (AvgIpc) is 2.68. The van der Waals surface area contributed by atoms with Gasteiger partial charge in [-0.2, -0.15) is 5.10 Å². The summed E-state index contributed by atoms with van der Waals surface area (Å²) in [6.45, 7) is -0.675. The minimum atomic E-state index is -3.18. The Morgan fingerprint density at radius 1 is 1.64 bits per heavy atom. The van der Waals surface area contributed by atoms with Crippen LogP contribution in [0.25, 0.3) is 0 Å². The van der Waals surface area contributed by atoms with Crippen molar-refractivity contribution in [3.05, 3.63) is 16.3 Å². The molecule has 0 aromatic carbocycles. The van der Waals surface area contributed by atoms with E-state index in [9.17, 15) is 23.7 Å². The second-order valence-corrected chi connectivity index (χ2v) is 5.15. The average molecular weight is 319 g/mol. The molecule has 0 spiro atoms. The number of carboxylic acid groups (broad SMARTS) is 1. The number of amides is 1. The van der Waals surface area contributed by atoms with Crippen LogP contribution in [0.1, 0.15) is 12.8 Å². The number of nitro groups is 1. The van der Waals surface area contributed by atoms with Crippen LogP contribution in [-0.4, -0.2) is 51.0 Å². The molecule has 1 amide bonds. The number of carbonyl (C=O) groups is 1. The maximum absolute atomic E-state index is 14.0. The number of nitrogens with one attached hydrogen (secondary N) is 1. The van der Waals surface area contributed by atoms with Crippen LogP contribution < -0.4 is 10.2 Å². The number of aromatic nitrogens is 2. The first-order valence-electron chi connectivity index (χ1n) is 6.48. The molecular formula is C11H15F2N5O4. The standard InChI is InChI=1S/C11H15F2N5O4/c1-16-9(8(5-14-16)18(21)22)17-3-2-7(15-10(19)20)4-11(12,13)6-17/h5,7,15H,2-4,6H2,1H3,(H,19,20). The number of anilines is 1. The lowest BCUT2D eigenvalue weighted by atomic mass is 10.1. The molecule has 1 unspecified atom stereocenters. The second kappa shape index (κ2) is 5.73. The van der Waals surface area contributed by atoms with Gasteiger partial charge in [0.2, 0.25) is 5.82 Å². The molecule has 1 saturated heterocycles. The van der Waals surface area contributed by atoms with E-state index in [1.165, 1.54) is 16.6 Å². The second-order valence-electron chi connectivity index (χ2n) is 5.15. The number of halogens is 2. The van der Waals surface area contributed by atoms with E-state index in [1.807, 2.05) is 5.32 Å². The minimum absolute atomic E-state index is 0.0133. The van der Waals surface area contributed by atoms with E-state index >= 15 is 0 Å². The smallest absolute Gasteiger partial charge is 0.404 e. The molecule has 0 saturated carbocycles. The first-order valence-corrected chi connectivity index (χ1v) is 6.48. The van der Waals surface area contributed by atoms with Crippen molar-refractivity contribution in [3.8, 4) is 0 Å². The topological polar surface area (TPSA) is 114 Å². The number of hydrogen-bond donors (Lipinski definition) is 2. The van der Waals surface area contributed by atoms with E-state index in [4.69, 9.17) is 5.11 Å². The fourth-order valence-electron chi connectivity index (χ4n) is 2.59.